The van der Waals surface area contributed by atoms with E-state index < -0.39 is 0 Å². The van der Waals surface area contributed by atoms with Crippen LogP contribution in [0, 0.1) is 0 Å². The van der Waals surface area contributed by atoms with Crippen molar-refractivity contribution in [2.45, 2.75) is 57.3 Å². The molecule has 61 heavy (non-hydrogen) atoms. The zero-order valence-electron chi connectivity index (χ0n) is 34.8. The van der Waals surface area contributed by atoms with Crippen molar-refractivity contribution in [1.82, 2.24) is 0 Å². The maximum absolute atomic E-state index is 2.50. The molecule has 0 bridgehead atoms. The van der Waals surface area contributed by atoms with Crippen molar-refractivity contribution < 1.29 is 0 Å². The first-order valence-electron chi connectivity index (χ1n) is 22.1. The van der Waals surface area contributed by atoms with Gasteiger partial charge in [0.05, 0.1) is 0 Å². The zero-order chi connectivity index (χ0) is 40.7. The monoisotopic (exact) mass is 801 g/mol. The second-order valence-corrected chi connectivity index (χ2v) is 19.0. The molecule has 0 N–H and O–H groups in total. The smallest absolute Gasteiger partial charge is 0.0476 e. The van der Waals surface area contributed by atoms with Crippen LogP contribution in [0.25, 0.3) is 75.1 Å². The van der Waals surface area contributed by atoms with Crippen LogP contribution >= 0.6 is 11.3 Å². The van der Waals surface area contributed by atoms with Crippen molar-refractivity contribution in [2.24, 2.45) is 0 Å². The largest absolute Gasteiger partial charge is 0.310 e. The fraction of sp³-hybridized carbons (Fsp3) is 0.153. The van der Waals surface area contributed by atoms with Gasteiger partial charge in [0.15, 0.2) is 0 Å². The van der Waals surface area contributed by atoms with Crippen LogP contribution in [0.15, 0.2) is 182 Å². The first kappa shape index (κ1) is 36.4. The second-order valence-electron chi connectivity index (χ2n) is 17.9. The standard InChI is InChI=1S/C59H47NS/c1-59(2)55-25-11-10-21-50(55)54-35-43(31-33-56(54)59)60(45-34-42-17-7-9-20-47(42)53(36-45)49-23-12-18-40-16-6-8-19-46(40)49)44-30-32-51-52-24-13-22-48(58(52)61-57(51)37-44)41-28-26-39(27-29-41)38-14-4-3-5-15-38/h6-13,16-38H,3-5,14-15H2,1-2H3. The lowest BCUT2D eigenvalue weighted by molar-refractivity contribution is 0.443. The van der Waals surface area contributed by atoms with Gasteiger partial charge < -0.3 is 4.90 Å². The predicted molar refractivity (Wildman–Crippen MR) is 263 cm³/mol. The first-order valence-corrected chi connectivity index (χ1v) is 22.9. The van der Waals surface area contributed by atoms with Crippen LogP contribution in [0.3, 0.4) is 0 Å². The second kappa shape index (κ2) is 14.3. The molecule has 0 radical (unpaired) electrons. The van der Waals surface area contributed by atoms with E-state index in [4.69, 9.17) is 0 Å². The van der Waals surface area contributed by atoms with Crippen molar-refractivity contribution in [2.75, 3.05) is 4.90 Å². The number of hydrogen-bond donors (Lipinski definition) is 0. The van der Waals surface area contributed by atoms with Gasteiger partial charge in [-0.3, -0.25) is 0 Å². The van der Waals surface area contributed by atoms with E-state index in [0.717, 1.165) is 17.1 Å². The van der Waals surface area contributed by atoms with E-state index in [1.165, 1.54) is 124 Å². The highest BCUT2D eigenvalue weighted by Gasteiger charge is 2.35. The summed E-state index contributed by atoms with van der Waals surface area (Å²) in [6, 6.07) is 68.9. The van der Waals surface area contributed by atoms with Gasteiger partial charge >= 0.3 is 0 Å². The van der Waals surface area contributed by atoms with Crippen molar-refractivity contribution in [3.8, 4) is 33.4 Å². The van der Waals surface area contributed by atoms with Crippen LogP contribution in [-0.2, 0) is 5.41 Å². The molecule has 1 saturated carbocycles. The Morgan fingerprint density at radius 3 is 1.92 bits per heavy atom. The molecule has 0 atom stereocenters. The molecule has 0 unspecified atom stereocenters. The summed E-state index contributed by atoms with van der Waals surface area (Å²) in [6.07, 6.45) is 6.75. The maximum Gasteiger partial charge on any atom is 0.0476 e. The van der Waals surface area contributed by atoms with Crippen LogP contribution in [0.2, 0.25) is 0 Å². The van der Waals surface area contributed by atoms with E-state index in [0.29, 0.717) is 5.92 Å². The number of hydrogen-bond acceptors (Lipinski definition) is 2. The maximum atomic E-state index is 2.50. The predicted octanol–water partition coefficient (Wildman–Crippen LogP) is 17.5. The van der Waals surface area contributed by atoms with Crippen molar-refractivity contribution in [3.05, 3.63) is 199 Å². The third-order valence-corrected chi connectivity index (χ3v) is 15.3. The van der Waals surface area contributed by atoms with Crippen LogP contribution < -0.4 is 4.90 Å². The highest BCUT2D eigenvalue weighted by atomic mass is 32.1. The molecule has 9 aromatic carbocycles. The van der Waals surface area contributed by atoms with Gasteiger partial charge in [-0.15, -0.1) is 11.3 Å². The van der Waals surface area contributed by atoms with Gasteiger partial charge in [-0.25, -0.2) is 0 Å². The highest BCUT2D eigenvalue weighted by molar-refractivity contribution is 7.26. The minimum atomic E-state index is -0.0658. The summed E-state index contributed by atoms with van der Waals surface area (Å²) in [7, 11) is 0. The quantitative estimate of drug-likeness (QED) is 0.162. The fourth-order valence-electron chi connectivity index (χ4n) is 10.9. The molecule has 0 saturated heterocycles. The highest BCUT2D eigenvalue weighted by Crippen LogP contribution is 2.52. The van der Waals surface area contributed by atoms with Gasteiger partial charge in [-0.05, 0) is 127 Å². The summed E-state index contributed by atoms with van der Waals surface area (Å²) in [5.74, 6) is 0.710. The van der Waals surface area contributed by atoms with Crippen LogP contribution in [-0.4, -0.2) is 0 Å². The molecule has 2 aliphatic carbocycles. The molecule has 294 valence electrons. The molecule has 1 heterocycles. The lowest BCUT2D eigenvalue weighted by atomic mass is 9.82. The molecule has 2 aliphatic rings. The number of thiophene rings is 1. The van der Waals surface area contributed by atoms with Crippen LogP contribution in [0.4, 0.5) is 17.1 Å². The van der Waals surface area contributed by atoms with Crippen molar-refractivity contribution in [1.29, 1.82) is 0 Å². The Bertz CT molecular complexity index is 3320. The van der Waals surface area contributed by atoms with Crippen LogP contribution in [0.5, 0.6) is 0 Å². The third kappa shape index (κ3) is 5.95. The van der Waals surface area contributed by atoms with E-state index in [1.54, 1.807) is 0 Å². The van der Waals surface area contributed by atoms with Gasteiger partial charge in [0.1, 0.15) is 0 Å². The average molecular weight is 802 g/mol. The van der Waals surface area contributed by atoms with E-state index in [1.807, 2.05) is 11.3 Å². The van der Waals surface area contributed by atoms with E-state index >= 15 is 0 Å². The van der Waals surface area contributed by atoms with Gasteiger partial charge in [0, 0.05) is 42.6 Å². The van der Waals surface area contributed by atoms with Gasteiger partial charge in [-0.2, -0.15) is 0 Å². The Balaban J connectivity index is 1.05. The van der Waals surface area contributed by atoms with Gasteiger partial charge in [0.25, 0.3) is 0 Å². The summed E-state index contributed by atoms with van der Waals surface area (Å²) in [5.41, 5.74) is 15.4. The topological polar surface area (TPSA) is 3.24 Å². The molecule has 12 rings (SSSR count). The van der Waals surface area contributed by atoms with E-state index in [2.05, 4.69) is 201 Å². The van der Waals surface area contributed by atoms with Crippen LogP contribution in [0.1, 0.15) is 68.6 Å². The third-order valence-electron chi connectivity index (χ3n) is 14.0. The minimum Gasteiger partial charge on any atom is -0.310 e. The number of nitrogens with zero attached hydrogens (tertiary/aromatic N) is 1. The van der Waals surface area contributed by atoms with Gasteiger partial charge in [0.2, 0.25) is 0 Å². The zero-order valence-corrected chi connectivity index (χ0v) is 35.6. The summed E-state index contributed by atoms with van der Waals surface area (Å²) in [5, 5.41) is 7.63. The number of anilines is 3. The molecule has 1 nitrogen and oxygen atoms in total. The minimum absolute atomic E-state index is 0.0658. The van der Waals surface area contributed by atoms with Crippen molar-refractivity contribution >= 4 is 70.1 Å². The van der Waals surface area contributed by atoms with E-state index in [-0.39, 0.29) is 5.41 Å². The molecule has 10 aromatic rings. The lowest BCUT2D eigenvalue weighted by Gasteiger charge is -2.28. The Kier molecular flexibility index (Phi) is 8.54. The van der Waals surface area contributed by atoms with Crippen molar-refractivity contribution in [3.63, 3.8) is 0 Å². The number of rotatable bonds is 6. The Morgan fingerprint density at radius 1 is 0.443 bits per heavy atom. The molecule has 0 aliphatic heterocycles. The molecular formula is C59H47NS. The Labute approximate surface area is 362 Å². The molecule has 0 amide bonds. The normalized spacial score (nSPS) is 14.8. The molecule has 1 aromatic heterocycles. The first-order chi connectivity index (χ1) is 30.0. The molecular weight excluding hydrogens is 755 g/mol. The number of benzene rings is 9. The summed E-state index contributed by atoms with van der Waals surface area (Å²) in [6.45, 7) is 4.73. The molecule has 0 spiro atoms. The Hall–Kier alpha value is -6.48. The van der Waals surface area contributed by atoms with Gasteiger partial charge in [-0.1, -0.05) is 179 Å². The summed E-state index contributed by atoms with van der Waals surface area (Å²) < 4.78 is 2.65. The summed E-state index contributed by atoms with van der Waals surface area (Å²) in [4.78, 5) is 2.50. The molecule has 2 heteroatoms. The van der Waals surface area contributed by atoms with E-state index in [9.17, 15) is 0 Å². The Morgan fingerprint density at radius 2 is 1.07 bits per heavy atom. The number of fused-ring (bicyclic) bond motifs is 8. The molecule has 1 fully saturated rings. The average Bonchev–Trinajstić information content (AvgIpc) is 3.80. The lowest BCUT2D eigenvalue weighted by Crippen LogP contribution is -2.15. The summed E-state index contributed by atoms with van der Waals surface area (Å²) >= 11 is 1.93. The SMILES string of the molecule is CC1(C)c2ccccc2-c2cc(N(c3cc(-c4cccc5ccccc45)c4ccccc4c3)c3ccc4c(c3)sc3c(-c5ccc(C6CCCCC6)cc5)cccc34)ccc21. The fourth-order valence-corrected chi connectivity index (χ4v) is 12.2.